The topological polar surface area (TPSA) is 55.9 Å². The van der Waals surface area contributed by atoms with Gasteiger partial charge < -0.3 is 20.0 Å². The molecule has 1 aromatic heterocycles. The highest BCUT2D eigenvalue weighted by atomic mass is 35.5. The summed E-state index contributed by atoms with van der Waals surface area (Å²) < 4.78 is 0. The minimum atomic E-state index is -0.110. The number of thiophene rings is 1. The highest BCUT2D eigenvalue weighted by Crippen LogP contribution is 2.26. The molecule has 166 valence electrons. The van der Waals surface area contributed by atoms with Crippen molar-refractivity contribution in [2.24, 2.45) is 5.92 Å². The lowest BCUT2D eigenvalue weighted by molar-refractivity contribution is -0.137. The SMILES string of the molecule is Cc1ccc(Cl)cc1N1CCN(C(=O)C2CCCN(C(=O)NCc3cccs3)C2)CC1. The van der Waals surface area contributed by atoms with Crippen LogP contribution in [0.4, 0.5) is 10.5 Å². The van der Waals surface area contributed by atoms with Crippen molar-refractivity contribution in [2.45, 2.75) is 26.3 Å². The van der Waals surface area contributed by atoms with Crippen LogP contribution in [0, 0.1) is 12.8 Å². The second-order valence-electron chi connectivity index (χ2n) is 8.27. The second kappa shape index (κ2) is 9.92. The zero-order chi connectivity index (χ0) is 21.8. The summed E-state index contributed by atoms with van der Waals surface area (Å²) in [4.78, 5) is 32.9. The lowest BCUT2D eigenvalue weighted by Crippen LogP contribution is -2.54. The Morgan fingerprint density at radius 2 is 1.94 bits per heavy atom. The molecule has 3 amide bonds. The number of likely N-dealkylation sites (tertiary alicyclic amines) is 1. The molecule has 2 aromatic rings. The molecular weight excluding hydrogens is 432 g/mol. The molecule has 0 bridgehead atoms. The van der Waals surface area contributed by atoms with Crippen molar-refractivity contribution in [3.05, 3.63) is 51.2 Å². The van der Waals surface area contributed by atoms with Crippen LogP contribution >= 0.6 is 22.9 Å². The van der Waals surface area contributed by atoms with Gasteiger partial charge in [-0.05, 0) is 48.9 Å². The van der Waals surface area contributed by atoms with Crippen LogP contribution in [-0.4, -0.2) is 61.0 Å². The van der Waals surface area contributed by atoms with Gasteiger partial charge in [-0.1, -0.05) is 23.7 Å². The third-order valence-electron chi connectivity index (χ3n) is 6.16. The molecular formula is C23H29ClN4O2S. The zero-order valence-corrected chi connectivity index (χ0v) is 19.4. The number of carbonyl (C=O) groups excluding carboxylic acids is 2. The molecule has 31 heavy (non-hydrogen) atoms. The lowest BCUT2D eigenvalue weighted by atomic mass is 9.96. The molecule has 1 aromatic carbocycles. The molecule has 2 aliphatic heterocycles. The number of halogens is 1. The fourth-order valence-corrected chi connectivity index (χ4v) is 5.21. The molecule has 2 aliphatic rings. The molecule has 2 fully saturated rings. The standard InChI is InChI=1S/C23H29ClN4O2S/c1-17-6-7-19(24)14-21(17)26-9-11-27(12-10-26)22(29)18-4-2-8-28(16-18)23(30)25-15-20-5-3-13-31-20/h3,5-7,13-14,18H,2,4,8-12,15-16H2,1H3,(H,25,30). The Morgan fingerprint density at radius 3 is 2.68 bits per heavy atom. The van der Waals surface area contributed by atoms with E-state index in [1.807, 2.05) is 40.6 Å². The normalized spacial score (nSPS) is 19.4. The van der Waals surface area contributed by atoms with E-state index in [2.05, 4.69) is 17.1 Å². The number of carbonyl (C=O) groups is 2. The Morgan fingerprint density at radius 1 is 1.13 bits per heavy atom. The molecule has 3 heterocycles. The van der Waals surface area contributed by atoms with Gasteiger partial charge in [0.1, 0.15) is 0 Å². The van der Waals surface area contributed by atoms with Gasteiger partial charge >= 0.3 is 6.03 Å². The summed E-state index contributed by atoms with van der Waals surface area (Å²) in [5.41, 5.74) is 2.34. The van der Waals surface area contributed by atoms with Crippen LogP contribution in [0.3, 0.4) is 0 Å². The van der Waals surface area contributed by atoms with Crippen molar-refractivity contribution in [3.63, 3.8) is 0 Å². The third kappa shape index (κ3) is 5.33. The number of hydrogen-bond donors (Lipinski definition) is 1. The molecule has 0 aliphatic carbocycles. The first kappa shape index (κ1) is 22.0. The fraction of sp³-hybridized carbons (Fsp3) is 0.478. The highest BCUT2D eigenvalue weighted by molar-refractivity contribution is 7.09. The maximum atomic E-state index is 13.2. The number of nitrogens with zero attached hydrogens (tertiary/aromatic N) is 3. The van der Waals surface area contributed by atoms with Crippen LogP contribution in [0.25, 0.3) is 0 Å². The molecule has 0 spiro atoms. The predicted octanol–water partition coefficient (Wildman–Crippen LogP) is 3.98. The number of aryl methyl sites for hydroxylation is 1. The first-order valence-electron chi connectivity index (χ1n) is 10.9. The van der Waals surface area contributed by atoms with E-state index in [-0.39, 0.29) is 17.9 Å². The molecule has 1 N–H and O–H groups in total. The number of piperidine rings is 1. The molecule has 0 radical (unpaired) electrons. The van der Waals surface area contributed by atoms with E-state index in [0.29, 0.717) is 32.7 Å². The van der Waals surface area contributed by atoms with Crippen molar-refractivity contribution >= 4 is 40.6 Å². The summed E-state index contributed by atoms with van der Waals surface area (Å²) in [6.07, 6.45) is 1.71. The Bertz CT molecular complexity index is 912. The van der Waals surface area contributed by atoms with E-state index >= 15 is 0 Å². The van der Waals surface area contributed by atoms with E-state index in [9.17, 15) is 9.59 Å². The van der Waals surface area contributed by atoms with Crippen LogP contribution in [0.15, 0.2) is 35.7 Å². The summed E-state index contributed by atoms with van der Waals surface area (Å²) in [6, 6.07) is 9.86. The smallest absolute Gasteiger partial charge is 0.317 e. The van der Waals surface area contributed by atoms with Crippen LogP contribution in [0.2, 0.25) is 5.02 Å². The molecule has 2 saturated heterocycles. The van der Waals surface area contributed by atoms with Gasteiger partial charge in [-0.15, -0.1) is 11.3 Å². The largest absolute Gasteiger partial charge is 0.368 e. The summed E-state index contributed by atoms with van der Waals surface area (Å²) in [5.74, 6) is 0.0684. The number of rotatable bonds is 4. The van der Waals surface area contributed by atoms with Crippen molar-refractivity contribution in [1.29, 1.82) is 0 Å². The predicted molar refractivity (Wildman–Crippen MR) is 126 cm³/mol. The van der Waals surface area contributed by atoms with Gasteiger partial charge in [0.15, 0.2) is 0 Å². The molecule has 0 saturated carbocycles. The van der Waals surface area contributed by atoms with Crippen LogP contribution in [-0.2, 0) is 11.3 Å². The van der Waals surface area contributed by atoms with Crippen molar-refractivity contribution in [2.75, 3.05) is 44.2 Å². The number of nitrogens with one attached hydrogen (secondary N) is 1. The number of anilines is 1. The van der Waals surface area contributed by atoms with Crippen molar-refractivity contribution in [3.8, 4) is 0 Å². The number of amides is 3. The average molecular weight is 461 g/mol. The number of urea groups is 1. The summed E-state index contributed by atoms with van der Waals surface area (Å²) >= 11 is 7.81. The summed E-state index contributed by atoms with van der Waals surface area (Å²) in [5, 5.41) is 5.72. The van der Waals surface area contributed by atoms with E-state index in [1.54, 1.807) is 16.2 Å². The first-order valence-corrected chi connectivity index (χ1v) is 12.1. The van der Waals surface area contributed by atoms with E-state index in [0.717, 1.165) is 41.5 Å². The van der Waals surface area contributed by atoms with Gasteiger partial charge in [0.05, 0.1) is 12.5 Å². The van der Waals surface area contributed by atoms with Crippen LogP contribution in [0.1, 0.15) is 23.3 Å². The molecule has 6 nitrogen and oxygen atoms in total. The number of piperazine rings is 1. The Kier molecular flexibility index (Phi) is 7.02. The summed E-state index contributed by atoms with van der Waals surface area (Å²) in [6.45, 7) is 6.83. The van der Waals surface area contributed by atoms with Crippen LogP contribution < -0.4 is 10.2 Å². The molecule has 1 atom stereocenters. The number of benzene rings is 1. The average Bonchev–Trinajstić information content (AvgIpc) is 3.32. The maximum absolute atomic E-state index is 13.2. The molecule has 1 unspecified atom stereocenters. The van der Waals surface area contributed by atoms with Gasteiger partial charge in [-0.2, -0.15) is 0 Å². The van der Waals surface area contributed by atoms with Gasteiger partial charge in [-0.3, -0.25) is 4.79 Å². The van der Waals surface area contributed by atoms with E-state index < -0.39 is 0 Å². The second-order valence-corrected chi connectivity index (χ2v) is 9.74. The highest BCUT2D eigenvalue weighted by Gasteiger charge is 2.32. The van der Waals surface area contributed by atoms with Gasteiger partial charge in [0, 0.05) is 54.9 Å². The number of hydrogen-bond acceptors (Lipinski definition) is 4. The maximum Gasteiger partial charge on any atom is 0.317 e. The zero-order valence-electron chi connectivity index (χ0n) is 17.8. The monoisotopic (exact) mass is 460 g/mol. The minimum absolute atomic E-state index is 0.0767. The van der Waals surface area contributed by atoms with Gasteiger partial charge in [0.2, 0.25) is 5.91 Å². The van der Waals surface area contributed by atoms with Gasteiger partial charge in [0.25, 0.3) is 0 Å². The third-order valence-corrected chi connectivity index (χ3v) is 7.27. The molecule has 4 rings (SSSR count). The van der Waals surface area contributed by atoms with Crippen molar-refractivity contribution < 1.29 is 9.59 Å². The van der Waals surface area contributed by atoms with Crippen LogP contribution in [0.5, 0.6) is 0 Å². The quantitative estimate of drug-likeness (QED) is 0.750. The van der Waals surface area contributed by atoms with Crippen molar-refractivity contribution in [1.82, 2.24) is 15.1 Å². The van der Waals surface area contributed by atoms with E-state index in [4.69, 9.17) is 11.6 Å². The first-order chi connectivity index (χ1) is 15.0. The summed E-state index contributed by atoms with van der Waals surface area (Å²) in [7, 11) is 0. The fourth-order valence-electron chi connectivity index (χ4n) is 4.40. The minimum Gasteiger partial charge on any atom is -0.368 e. The lowest BCUT2D eigenvalue weighted by Gasteiger charge is -2.40. The Balaban J connectivity index is 1.29. The molecule has 8 heteroatoms. The van der Waals surface area contributed by atoms with Gasteiger partial charge in [-0.25, -0.2) is 4.79 Å². The Hall–Kier alpha value is -2.25. The van der Waals surface area contributed by atoms with E-state index in [1.165, 1.54) is 5.56 Å². The Labute approximate surface area is 192 Å².